The van der Waals surface area contributed by atoms with E-state index in [1.54, 1.807) is 20.4 Å². The molecule has 0 radical (unpaired) electrons. The molecule has 2 heterocycles. The average Bonchev–Trinajstić information content (AvgIpc) is 2.77. The number of anilines is 1. The number of allylic oxidation sites excluding steroid dienone is 1. The molecule has 1 aliphatic carbocycles. The first-order chi connectivity index (χ1) is 14.9. The van der Waals surface area contributed by atoms with Crippen LogP contribution in [0.25, 0.3) is 16.5 Å². The fourth-order valence-corrected chi connectivity index (χ4v) is 4.97. The summed E-state index contributed by atoms with van der Waals surface area (Å²) in [5.74, 6) is 1.52. The molecule has 0 saturated carbocycles. The highest BCUT2D eigenvalue weighted by molar-refractivity contribution is 6.11. The number of carbonyl (C=O) groups is 1. The Morgan fingerprint density at radius 1 is 1.03 bits per heavy atom. The standard InChI is InChI=1S/C26H26N2O3/c1-26(2)13-18-16-8-9-19-17(6-5-11-27-19)25(16)28-24(23(18)20(29)14-26)15-7-10-21(30-3)22(12-15)31-4/h5-12,24,28H,13-14H2,1-4H3. The number of aromatic nitrogens is 1. The van der Waals surface area contributed by atoms with Crippen LogP contribution in [0.2, 0.25) is 0 Å². The van der Waals surface area contributed by atoms with E-state index in [0.29, 0.717) is 17.9 Å². The van der Waals surface area contributed by atoms with Crippen LogP contribution in [0.3, 0.4) is 0 Å². The molecule has 0 spiro atoms. The molecule has 5 heteroatoms. The molecule has 1 aromatic heterocycles. The van der Waals surface area contributed by atoms with Crippen LogP contribution in [0, 0.1) is 5.41 Å². The molecule has 3 aromatic rings. The van der Waals surface area contributed by atoms with Gasteiger partial charge >= 0.3 is 0 Å². The maximum atomic E-state index is 13.4. The summed E-state index contributed by atoms with van der Waals surface area (Å²) in [6.45, 7) is 4.34. The van der Waals surface area contributed by atoms with E-state index in [1.165, 1.54) is 0 Å². The summed E-state index contributed by atoms with van der Waals surface area (Å²) in [6, 6.07) is 13.8. The summed E-state index contributed by atoms with van der Waals surface area (Å²) in [6.07, 6.45) is 3.21. The second kappa shape index (κ2) is 7.12. The number of rotatable bonds is 3. The Balaban J connectivity index is 1.76. The molecule has 1 N–H and O–H groups in total. The van der Waals surface area contributed by atoms with Gasteiger partial charge in [0, 0.05) is 29.1 Å². The van der Waals surface area contributed by atoms with Crippen LogP contribution in [0.5, 0.6) is 11.5 Å². The minimum absolute atomic E-state index is 0.0728. The topological polar surface area (TPSA) is 60.5 Å². The van der Waals surface area contributed by atoms with E-state index >= 15 is 0 Å². The van der Waals surface area contributed by atoms with Crippen LogP contribution in [0.1, 0.15) is 43.9 Å². The molecule has 158 valence electrons. The predicted molar refractivity (Wildman–Crippen MR) is 123 cm³/mol. The lowest BCUT2D eigenvalue weighted by molar-refractivity contribution is -0.118. The van der Waals surface area contributed by atoms with E-state index in [-0.39, 0.29) is 17.2 Å². The van der Waals surface area contributed by atoms with Gasteiger partial charge in [0.15, 0.2) is 17.3 Å². The minimum atomic E-state index is -0.253. The number of ether oxygens (including phenoxy) is 2. The van der Waals surface area contributed by atoms with Crippen molar-refractivity contribution in [2.75, 3.05) is 19.5 Å². The summed E-state index contributed by atoms with van der Waals surface area (Å²) in [7, 11) is 3.25. The molecule has 2 aromatic carbocycles. The van der Waals surface area contributed by atoms with E-state index < -0.39 is 0 Å². The Kier molecular flexibility index (Phi) is 4.50. The van der Waals surface area contributed by atoms with E-state index in [1.807, 2.05) is 30.3 Å². The summed E-state index contributed by atoms with van der Waals surface area (Å²) in [4.78, 5) is 17.9. The number of fused-ring (bicyclic) bond motifs is 4. The minimum Gasteiger partial charge on any atom is -0.493 e. The zero-order valence-electron chi connectivity index (χ0n) is 18.3. The van der Waals surface area contributed by atoms with Crippen LogP contribution >= 0.6 is 0 Å². The number of Topliss-reactive ketones (excluding diaryl/α,β-unsaturated/α-hetero) is 1. The molecule has 1 aliphatic heterocycles. The average molecular weight is 415 g/mol. The Labute approximate surface area is 182 Å². The molecule has 31 heavy (non-hydrogen) atoms. The largest absolute Gasteiger partial charge is 0.493 e. The molecule has 5 rings (SSSR count). The normalized spacial score (nSPS) is 19.5. The van der Waals surface area contributed by atoms with Gasteiger partial charge in [0.05, 0.1) is 31.5 Å². The number of ketones is 1. The molecule has 0 amide bonds. The highest BCUT2D eigenvalue weighted by Gasteiger charge is 2.40. The van der Waals surface area contributed by atoms with Crippen LogP contribution < -0.4 is 14.8 Å². The number of nitrogens with zero attached hydrogens (tertiary/aromatic N) is 1. The molecule has 0 fully saturated rings. The lowest BCUT2D eigenvalue weighted by Crippen LogP contribution is -2.33. The van der Waals surface area contributed by atoms with Crippen molar-refractivity contribution in [1.29, 1.82) is 0 Å². The highest BCUT2D eigenvalue weighted by Crippen LogP contribution is 2.52. The smallest absolute Gasteiger partial charge is 0.162 e. The Morgan fingerprint density at radius 3 is 2.61 bits per heavy atom. The second-order valence-electron chi connectivity index (χ2n) is 9.08. The van der Waals surface area contributed by atoms with Gasteiger partial charge in [0.2, 0.25) is 0 Å². The van der Waals surface area contributed by atoms with Gasteiger partial charge < -0.3 is 14.8 Å². The van der Waals surface area contributed by atoms with Crippen molar-refractivity contribution in [3.05, 3.63) is 65.4 Å². The summed E-state index contributed by atoms with van der Waals surface area (Å²) in [5, 5.41) is 4.75. The van der Waals surface area contributed by atoms with Crippen LogP contribution in [-0.4, -0.2) is 25.0 Å². The number of hydrogen-bond donors (Lipinski definition) is 1. The SMILES string of the molecule is COc1ccc(C2Nc3c(ccc4ncccc34)C3=C2C(=O)CC(C)(C)C3)cc1OC. The number of nitrogens with one attached hydrogen (secondary N) is 1. The van der Waals surface area contributed by atoms with Crippen LogP contribution in [-0.2, 0) is 4.79 Å². The van der Waals surface area contributed by atoms with Crippen molar-refractivity contribution < 1.29 is 14.3 Å². The van der Waals surface area contributed by atoms with Gasteiger partial charge in [-0.2, -0.15) is 0 Å². The quantitative estimate of drug-likeness (QED) is 0.608. The molecule has 0 bridgehead atoms. The predicted octanol–water partition coefficient (Wildman–Crippen LogP) is 5.56. The van der Waals surface area contributed by atoms with E-state index in [2.05, 4.69) is 36.3 Å². The zero-order valence-corrected chi connectivity index (χ0v) is 18.3. The lowest BCUT2D eigenvalue weighted by Gasteiger charge is -2.40. The fourth-order valence-electron chi connectivity index (χ4n) is 4.97. The molecular weight excluding hydrogens is 388 g/mol. The number of methoxy groups -OCH3 is 2. The van der Waals surface area contributed by atoms with E-state index in [0.717, 1.165) is 45.3 Å². The van der Waals surface area contributed by atoms with Gasteiger partial charge in [-0.25, -0.2) is 0 Å². The van der Waals surface area contributed by atoms with Gasteiger partial charge in [-0.1, -0.05) is 26.0 Å². The molecule has 2 aliphatic rings. The first-order valence-electron chi connectivity index (χ1n) is 10.5. The molecule has 1 atom stereocenters. The Bertz CT molecular complexity index is 1240. The molecule has 1 unspecified atom stereocenters. The van der Waals surface area contributed by atoms with E-state index in [4.69, 9.17) is 9.47 Å². The number of carbonyl (C=O) groups excluding carboxylic acids is 1. The first-order valence-corrected chi connectivity index (χ1v) is 10.5. The van der Waals surface area contributed by atoms with Gasteiger partial charge in [0.25, 0.3) is 0 Å². The molecule has 0 saturated heterocycles. The summed E-state index contributed by atoms with van der Waals surface area (Å²) < 4.78 is 11.0. The highest BCUT2D eigenvalue weighted by atomic mass is 16.5. The third-order valence-electron chi connectivity index (χ3n) is 6.35. The second-order valence-corrected chi connectivity index (χ2v) is 9.08. The zero-order chi connectivity index (χ0) is 21.8. The van der Waals surface area contributed by atoms with Crippen molar-refractivity contribution in [2.45, 2.75) is 32.7 Å². The fraction of sp³-hybridized carbons (Fsp3) is 0.308. The van der Waals surface area contributed by atoms with Gasteiger partial charge in [0.1, 0.15) is 0 Å². The maximum Gasteiger partial charge on any atom is 0.162 e. The van der Waals surface area contributed by atoms with Crippen LogP contribution in [0.15, 0.2) is 54.2 Å². The summed E-state index contributed by atoms with van der Waals surface area (Å²) >= 11 is 0. The lowest BCUT2D eigenvalue weighted by atomic mass is 9.68. The summed E-state index contributed by atoms with van der Waals surface area (Å²) in [5.41, 5.74) is 5.98. The van der Waals surface area contributed by atoms with Crippen molar-refractivity contribution >= 4 is 27.9 Å². The van der Waals surface area contributed by atoms with Gasteiger partial charge in [-0.3, -0.25) is 9.78 Å². The monoisotopic (exact) mass is 414 g/mol. The van der Waals surface area contributed by atoms with Crippen molar-refractivity contribution in [3.63, 3.8) is 0 Å². The Hall–Kier alpha value is -3.34. The van der Waals surface area contributed by atoms with Gasteiger partial charge in [-0.05, 0) is 53.3 Å². The third kappa shape index (κ3) is 3.16. The maximum absolute atomic E-state index is 13.4. The Morgan fingerprint density at radius 2 is 1.84 bits per heavy atom. The number of benzene rings is 2. The van der Waals surface area contributed by atoms with Crippen LogP contribution in [0.4, 0.5) is 5.69 Å². The van der Waals surface area contributed by atoms with Crippen molar-refractivity contribution in [1.82, 2.24) is 4.98 Å². The van der Waals surface area contributed by atoms with Crippen molar-refractivity contribution in [3.8, 4) is 11.5 Å². The van der Waals surface area contributed by atoms with Crippen molar-refractivity contribution in [2.24, 2.45) is 5.41 Å². The number of pyridine rings is 1. The van der Waals surface area contributed by atoms with Gasteiger partial charge in [-0.15, -0.1) is 0 Å². The van der Waals surface area contributed by atoms with E-state index in [9.17, 15) is 4.79 Å². The first kappa shape index (κ1) is 19.6. The third-order valence-corrected chi connectivity index (χ3v) is 6.35. The molecular formula is C26H26N2O3. The molecule has 5 nitrogen and oxygen atoms in total. The number of hydrogen-bond acceptors (Lipinski definition) is 5.